The average molecular weight is 295 g/mol. The van der Waals surface area contributed by atoms with Crippen molar-refractivity contribution in [3.63, 3.8) is 0 Å². The van der Waals surface area contributed by atoms with Crippen LogP contribution in [-0.4, -0.2) is 25.6 Å². The van der Waals surface area contributed by atoms with Crippen LogP contribution in [-0.2, 0) is 6.61 Å². The Bertz CT molecular complexity index is 664. The van der Waals surface area contributed by atoms with Gasteiger partial charge in [-0.25, -0.2) is 0 Å². The molecule has 0 saturated heterocycles. The first-order valence-electron chi connectivity index (χ1n) is 7.52. The number of hydrogen-bond donors (Lipinski definition) is 0. The topological polar surface area (TPSA) is 21.7 Å². The quantitative estimate of drug-likeness (QED) is 0.833. The molecule has 1 heterocycles. The molecule has 0 aromatic heterocycles. The molecule has 3 rings (SSSR count). The molecule has 2 aromatic rings. The fourth-order valence-electron chi connectivity index (χ4n) is 2.64. The Hall–Kier alpha value is -2.42. The summed E-state index contributed by atoms with van der Waals surface area (Å²) in [5, 5.41) is 0. The lowest BCUT2D eigenvalue weighted by Crippen LogP contribution is -2.04. The van der Waals surface area contributed by atoms with Crippen molar-refractivity contribution in [3.8, 4) is 11.5 Å². The molecule has 0 spiro atoms. The molecule has 0 radical (unpaired) electrons. The van der Waals surface area contributed by atoms with E-state index in [1.165, 1.54) is 11.1 Å². The van der Waals surface area contributed by atoms with E-state index in [0.717, 1.165) is 30.0 Å². The van der Waals surface area contributed by atoms with Crippen LogP contribution in [0.2, 0.25) is 0 Å². The number of hydrogen-bond acceptors (Lipinski definition) is 3. The van der Waals surface area contributed by atoms with Crippen LogP contribution in [0.15, 0.2) is 54.7 Å². The summed E-state index contributed by atoms with van der Waals surface area (Å²) in [6.07, 6.45) is 3.27. The Morgan fingerprint density at radius 2 is 1.86 bits per heavy atom. The Kier molecular flexibility index (Phi) is 4.33. The van der Waals surface area contributed by atoms with Crippen molar-refractivity contribution in [1.82, 2.24) is 4.90 Å². The van der Waals surface area contributed by atoms with Crippen LogP contribution < -0.4 is 9.47 Å². The van der Waals surface area contributed by atoms with Gasteiger partial charge in [0.2, 0.25) is 0 Å². The van der Waals surface area contributed by atoms with Gasteiger partial charge in [-0.05, 0) is 35.3 Å². The largest absolute Gasteiger partial charge is 0.493 e. The standard InChI is InChI=1S/C19H21NO2/c1-20-11-10-17(13-20)16-8-9-18(21-2)19(12-16)22-14-15-6-4-3-5-7-15/h3-9,12-13H,10-11,14H2,1-2H3. The summed E-state index contributed by atoms with van der Waals surface area (Å²) in [4.78, 5) is 2.21. The van der Waals surface area contributed by atoms with Crippen molar-refractivity contribution in [3.05, 3.63) is 65.9 Å². The highest BCUT2D eigenvalue weighted by Crippen LogP contribution is 2.33. The number of benzene rings is 2. The third-order valence-electron chi connectivity index (χ3n) is 3.88. The van der Waals surface area contributed by atoms with E-state index in [-0.39, 0.29) is 0 Å². The molecule has 0 bridgehead atoms. The molecule has 3 heteroatoms. The van der Waals surface area contributed by atoms with E-state index in [2.05, 4.69) is 42.4 Å². The monoisotopic (exact) mass is 295 g/mol. The van der Waals surface area contributed by atoms with Crippen LogP contribution in [0.5, 0.6) is 11.5 Å². The second-order valence-electron chi connectivity index (χ2n) is 5.52. The zero-order valence-electron chi connectivity index (χ0n) is 13.1. The van der Waals surface area contributed by atoms with E-state index in [0.29, 0.717) is 6.61 Å². The summed E-state index contributed by atoms with van der Waals surface area (Å²) >= 11 is 0. The summed E-state index contributed by atoms with van der Waals surface area (Å²) in [5.41, 5.74) is 3.69. The minimum Gasteiger partial charge on any atom is -0.493 e. The number of rotatable bonds is 5. The maximum Gasteiger partial charge on any atom is 0.162 e. The molecule has 0 amide bonds. The highest BCUT2D eigenvalue weighted by Gasteiger charge is 2.13. The van der Waals surface area contributed by atoms with E-state index in [1.54, 1.807) is 7.11 Å². The first kappa shape index (κ1) is 14.5. The molecule has 114 valence electrons. The van der Waals surface area contributed by atoms with Gasteiger partial charge in [-0.2, -0.15) is 0 Å². The average Bonchev–Trinajstić information content (AvgIpc) is 3.00. The van der Waals surface area contributed by atoms with E-state index in [1.807, 2.05) is 24.3 Å². The lowest BCUT2D eigenvalue weighted by atomic mass is 10.0. The zero-order chi connectivity index (χ0) is 15.4. The predicted molar refractivity (Wildman–Crippen MR) is 89.0 cm³/mol. The number of methoxy groups -OCH3 is 1. The van der Waals surface area contributed by atoms with Crippen molar-refractivity contribution in [1.29, 1.82) is 0 Å². The van der Waals surface area contributed by atoms with Crippen molar-refractivity contribution in [2.24, 2.45) is 0 Å². The summed E-state index contributed by atoms with van der Waals surface area (Å²) < 4.78 is 11.4. The third kappa shape index (κ3) is 3.25. The van der Waals surface area contributed by atoms with Crippen LogP contribution in [0.25, 0.3) is 5.57 Å². The van der Waals surface area contributed by atoms with E-state index in [9.17, 15) is 0 Å². The van der Waals surface area contributed by atoms with Gasteiger partial charge in [0.05, 0.1) is 7.11 Å². The minimum atomic E-state index is 0.541. The molecule has 2 aromatic carbocycles. The smallest absolute Gasteiger partial charge is 0.162 e. The summed E-state index contributed by atoms with van der Waals surface area (Å²) in [7, 11) is 3.77. The van der Waals surface area contributed by atoms with Gasteiger partial charge in [-0.1, -0.05) is 36.4 Å². The van der Waals surface area contributed by atoms with Crippen LogP contribution in [0.1, 0.15) is 17.5 Å². The molecular formula is C19H21NO2. The molecule has 0 aliphatic carbocycles. The number of ether oxygens (including phenoxy) is 2. The molecule has 0 atom stereocenters. The maximum atomic E-state index is 5.98. The van der Waals surface area contributed by atoms with Crippen LogP contribution >= 0.6 is 0 Å². The van der Waals surface area contributed by atoms with Crippen molar-refractivity contribution < 1.29 is 9.47 Å². The summed E-state index contributed by atoms with van der Waals surface area (Å²) in [5.74, 6) is 1.56. The van der Waals surface area contributed by atoms with E-state index < -0.39 is 0 Å². The summed E-state index contributed by atoms with van der Waals surface area (Å²) in [6.45, 7) is 1.61. The molecule has 0 saturated carbocycles. The molecule has 0 fully saturated rings. The molecule has 1 aliphatic rings. The van der Waals surface area contributed by atoms with Crippen molar-refractivity contribution in [2.45, 2.75) is 13.0 Å². The number of nitrogens with zero attached hydrogens (tertiary/aromatic N) is 1. The van der Waals surface area contributed by atoms with Gasteiger partial charge < -0.3 is 14.4 Å². The van der Waals surface area contributed by atoms with Crippen LogP contribution in [0.3, 0.4) is 0 Å². The van der Waals surface area contributed by atoms with Gasteiger partial charge in [-0.15, -0.1) is 0 Å². The highest BCUT2D eigenvalue weighted by molar-refractivity contribution is 5.69. The fraction of sp³-hybridized carbons (Fsp3) is 0.263. The van der Waals surface area contributed by atoms with E-state index >= 15 is 0 Å². The van der Waals surface area contributed by atoms with Crippen molar-refractivity contribution >= 4 is 5.57 Å². The predicted octanol–water partition coefficient (Wildman–Crippen LogP) is 3.95. The Balaban J connectivity index is 1.80. The zero-order valence-corrected chi connectivity index (χ0v) is 13.1. The van der Waals surface area contributed by atoms with Crippen molar-refractivity contribution in [2.75, 3.05) is 20.7 Å². The van der Waals surface area contributed by atoms with Gasteiger partial charge in [0.15, 0.2) is 11.5 Å². The van der Waals surface area contributed by atoms with Gasteiger partial charge in [-0.3, -0.25) is 0 Å². The Morgan fingerprint density at radius 3 is 2.55 bits per heavy atom. The molecular weight excluding hydrogens is 274 g/mol. The first-order chi connectivity index (χ1) is 10.8. The maximum absolute atomic E-state index is 5.98. The van der Waals surface area contributed by atoms with E-state index in [4.69, 9.17) is 9.47 Å². The molecule has 0 N–H and O–H groups in total. The highest BCUT2D eigenvalue weighted by atomic mass is 16.5. The van der Waals surface area contributed by atoms with Gasteiger partial charge in [0.1, 0.15) is 6.61 Å². The second kappa shape index (κ2) is 6.56. The second-order valence-corrected chi connectivity index (χ2v) is 5.52. The van der Waals surface area contributed by atoms with Crippen LogP contribution in [0, 0.1) is 0 Å². The van der Waals surface area contributed by atoms with Gasteiger partial charge >= 0.3 is 0 Å². The van der Waals surface area contributed by atoms with Crippen LogP contribution in [0.4, 0.5) is 0 Å². The SMILES string of the molecule is COc1ccc(C2=CN(C)CC2)cc1OCc1ccccc1. The minimum absolute atomic E-state index is 0.541. The lowest BCUT2D eigenvalue weighted by Gasteiger charge is -2.13. The summed E-state index contributed by atoms with van der Waals surface area (Å²) in [6, 6.07) is 16.3. The third-order valence-corrected chi connectivity index (χ3v) is 3.88. The Morgan fingerprint density at radius 1 is 1.05 bits per heavy atom. The fourth-order valence-corrected chi connectivity index (χ4v) is 2.64. The lowest BCUT2D eigenvalue weighted by molar-refractivity contribution is 0.284. The van der Waals surface area contributed by atoms with Gasteiger partial charge in [0.25, 0.3) is 0 Å². The van der Waals surface area contributed by atoms with Gasteiger partial charge in [0, 0.05) is 19.8 Å². The molecule has 0 unspecified atom stereocenters. The molecule has 22 heavy (non-hydrogen) atoms. The first-order valence-corrected chi connectivity index (χ1v) is 7.52. The Labute approximate surface area is 131 Å². The molecule has 3 nitrogen and oxygen atoms in total. The molecule has 1 aliphatic heterocycles. The normalized spacial score (nSPS) is 13.9.